The second kappa shape index (κ2) is 8.06. The third kappa shape index (κ3) is 4.32. The van der Waals surface area contributed by atoms with E-state index < -0.39 is 5.82 Å². The molecule has 3 aromatic rings. The molecule has 1 aromatic heterocycles. The monoisotopic (exact) mass is 352 g/mol. The number of hydrogen-bond donors (Lipinski definition) is 2. The first-order valence-electron chi connectivity index (χ1n) is 8.05. The van der Waals surface area contributed by atoms with Gasteiger partial charge in [-0.05, 0) is 48.5 Å². The zero-order chi connectivity index (χ0) is 18.4. The van der Waals surface area contributed by atoms with Gasteiger partial charge in [-0.15, -0.1) is 0 Å². The minimum Gasteiger partial charge on any atom is -0.350 e. The molecule has 26 heavy (non-hydrogen) atoms. The number of rotatable bonds is 6. The van der Waals surface area contributed by atoms with E-state index in [-0.39, 0.29) is 24.9 Å². The Balaban J connectivity index is 1.49. The molecule has 0 unspecified atom stereocenters. The minimum atomic E-state index is -0.397. The standard InChI is InChI=1S/C19H17FN4O2/c20-16-7-5-14(6-8-16)18(25)21-10-11-22-19(26)15-3-1-4-17(13-15)24-12-2-9-23-24/h1-9,12-13H,10-11H2,(H,21,25)(H,22,26). The maximum absolute atomic E-state index is 12.8. The van der Waals surface area contributed by atoms with Crippen molar-refractivity contribution >= 4 is 11.8 Å². The Labute approximate surface area is 149 Å². The third-order valence-electron chi connectivity index (χ3n) is 3.68. The molecule has 0 aliphatic carbocycles. The molecule has 0 fully saturated rings. The normalized spacial score (nSPS) is 10.3. The quantitative estimate of drug-likeness (QED) is 0.668. The lowest BCUT2D eigenvalue weighted by atomic mass is 10.2. The highest BCUT2D eigenvalue weighted by molar-refractivity contribution is 5.95. The lowest BCUT2D eigenvalue weighted by Crippen LogP contribution is -2.34. The number of benzene rings is 2. The summed E-state index contributed by atoms with van der Waals surface area (Å²) in [5.41, 5.74) is 1.65. The Hall–Kier alpha value is -3.48. The van der Waals surface area contributed by atoms with E-state index in [9.17, 15) is 14.0 Å². The van der Waals surface area contributed by atoms with Gasteiger partial charge in [-0.3, -0.25) is 9.59 Å². The van der Waals surface area contributed by atoms with E-state index >= 15 is 0 Å². The molecule has 2 aromatic carbocycles. The molecule has 0 saturated heterocycles. The van der Waals surface area contributed by atoms with Crippen LogP contribution < -0.4 is 10.6 Å². The van der Waals surface area contributed by atoms with E-state index in [1.165, 1.54) is 24.3 Å². The molecule has 0 aliphatic rings. The van der Waals surface area contributed by atoms with Gasteiger partial charge in [-0.1, -0.05) is 6.07 Å². The number of carbonyl (C=O) groups excluding carboxylic acids is 2. The molecule has 0 atom stereocenters. The van der Waals surface area contributed by atoms with Crippen molar-refractivity contribution in [2.24, 2.45) is 0 Å². The number of halogens is 1. The van der Waals surface area contributed by atoms with Crippen LogP contribution in [0, 0.1) is 5.82 Å². The summed E-state index contributed by atoms with van der Waals surface area (Å²) in [6.45, 7) is 0.540. The van der Waals surface area contributed by atoms with Crippen LogP contribution in [0.3, 0.4) is 0 Å². The summed E-state index contributed by atoms with van der Waals surface area (Å²) < 4.78 is 14.5. The summed E-state index contributed by atoms with van der Waals surface area (Å²) in [5.74, 6) is -0.957. The first-order valence-corrected chi connectivity index (χ1v) is 8.05. The number of carbonyl (C=O) groups is 2. The third-order valence-corrected chi connectivity index (χ3v) is 3.68. The van der Waals surface area contributed by atoms with Crippen molar-refractivity contribution in [1.82, 2.24) is 20.4 Å². The second-order valence-electron chi connectivity index (χ2n) is 5.52. The first-order chi connectivity index (χ1) is 12.6. The number of aromatic nitrogens is 2. The van der Waals surface area contributed by atoms with Gasteiger partial charge in [0, 0.05) is 36.6 Å². The summed E-state index contributed by atoms with van der Waals surface area (Å²) in [6.07, 6.45) is 3.46. The Bertz CT molecular complexity index is 892. The van der Waals surface area contributed by atoms with Crippen molar-refractivity contribution in [1.29, 1.82) is 0 Å². The van der Waals surface area contributed by atoms with E-state index in [0.717, 1.165) is 5.69 Å². The molecular formula is C19H17FN4O2. The van der Waals surface area contributed by atoms with Gasteiger partial charge >= 0.3 is 0 Å². The topological polar surface area (TPSA) is 76.0 Å². The lowest BCUT2D eigenvalue weighted by Gasteiger charge is -2.08. The van der Waals surface area contributed by atoms with E-state index in [4.69, 9.17) is 0 Å². The summed E-state index contributed by atoms with van der Waals surface area (Å²) in [4.78, 5) is 24.1. The van der Waals surface area contributed by atoms with E-state index in [0.29, 0.717) is 11.1 Å². The predicted molar refractivity (Wildman–Crippen MR) is 94.6 cm³/mol. The smallest absolute Gasteiger partial charge is 0.251 e. The number of amides is 2. The van der Waals surface area contributed by atoms with Crippen LogP contribution >= 0.6 is 0 Å². The van der Waals surface area contributed by atoms with Crippen LogP contribution in [0.5, 0.6) is 0 Å². The fourth-order valence-electron chi connectivity index (χ4n) is 2.37. The van der Waals surface area contributed by atoms with Gasteiger partial charge in [-0.2, -0.15) is 5.10 Å². The highest BCUT2D eigenvalue weighted by atomic mass is 19.1. The largest absolute Gasteiger partial charge is 0.350 e. The molecule has 132 valence electrons. The second-order valence-corrected chi connectivity index (χ2v) is 5.52. The van der Waals surface area contributed by atoms with Crippen LogP contribution in [-0.2, 0) is 0 Å². The van der Waals surface area contributed by atoms with Crippen LogP contribution in [0.25, 0.3) is 5.69 Å². The first kappa shape index (κ1) is 17.3. The lowest BCUT2D eigenvalue weighted by molar-refractivity contribution is 0.0927. The number of nitrogens with zero attached hydrogens (tertiary/aromatic N) is 2. The maximum Gasteiger partial charge on any atom is 0.251 e. The van der Waals surface area contributed by atoms with E-state index in [1.807, 2.05) is 6.07 Å². The Morgan fingerprint density at radius 3 is 2.27 bits per heavy atom. The average molecular weight is 352 g/mol. The highest BCUT2D eigenvalue weighted by Gasteiger charge is 2.08. The molecule has 1 heterocycles. The van der Waals surface area contributed by atoms with Gasteiger partial charge in [0.05, 0.1) is 5.69 Å². The summed E-state index contributed by atoms with van der Waals surface area (Å²) in [6, 6.07) is 14.1. The molecule has 0 aliphatic heterocycles. The molecular weight excluding hydrogens is 335 g/mol. The van der Waals surface area contributed by atoms with Gasteiger partial charge in [0.1, 0.15) is 5.82 Å². The van der Waals surface area contributed by atoms with Crippen molar-refractivity contribution in [3.05, 3.63) is 83.9 Å². The molecule has 2 N–H and O–H groups in total. The van der Waals surface area contributed by atoms with Crippen LogP contribution in [0.2, 0.25) is 0 Å². The molecule has 7 heteroatoms. The summed E-state index contributed by atoms with van der Waals surface area (Å²) in [7, 11) is 0. The Morgan fingerprint density at radius 2 is 1.62 bits per heavy atom. The van der Waals surface area contributed by atoms with Crippen LogP contribution in [0.15, 0.2) is 67.0 Å². The van der Waals surface area contributed by atoms with E-state index in [2.05, 4.69) is 15.7 Å². The zero-order valence-electron chi connectivity index (χ0n) is 13.9. The van der Waals surface area contributed by atoms with E-state index in [1.54, 1.807) is 41.3 Å². The Kier molecular flexibility index (Phi) is 5.38. The van der Waals surface area contributed by atoms with Crippen molar-refractivity contribution < 1.29 is 14.0 Å². The fourth-order valence-corrected chi connectivity index (χ4v) is 2.37. The van der Waals surface area contributed by atoms with Gasteiger partial charge in [0.25, 0.3) is 11.8 Å². The maximum atomic E-state index is 12.8. The molecule has 6 nitrogen and oxygen atoms in total. The van der Waals surface area contributed by atoms with Gasteiger partial charge < -0.3 is 10.6 Å². The summed E-state index contributed by atoms with van der Waals surface area (Å²) >= 11 is 0. The SMILES string of the molecule is O=C(NCCNC(=O)c1cccc(-n2cccn2)c1)c1ccc(F)cc1. The number of hydrogen-bond acceptors (Lipinski definition) is 3. The van der Waals surface area contributed by atoms with Gasteiger partial charge in [0.15, 0.2) is 0 Å². The Morgan fingerprint density at radius 1 is 0.923 bits per heavy atom. The van der Waals surface area contributed by atoms with Crippen molar-refractivity contribution in [2.45, 2.75) is 0 Å². The minimum absolute atomic E-state index is 0.241. The molecule has 0 saturated carbocycles. The zero-order valence-corrected chi connectivity index (χ0v) is 13.9. The molecule has 3 rings (SSSR count). The van der Waals surface area contributed by atoms with Crippen LogP contribution in [-0.4, -0.2) is 34.7 Å². The fraction of sp³-hybridized carbons (Fsp3) is 0.105. The van der Waals surface area contributed by atoms with Crippen LogP contribution in [0.4, 0.5) is 4.39 Å². The van der Waals surface area contributed by atoms with Gasteiger partial charge in [-0.25, -0.2) is 9.07 Å². The van der Waals surface area contributed by atoms with Gasteiger partial charge in [0.2, 0.25) is 0 Å². The molecule has 0 radical (unpaired) electrons. The molecule has 2 amide bonds. The molecule has 0 bridgehead atoms. The van der Waals surface area contributed by atoms with Crippen molar-refractivity contribution in [2.75, 3.05) is 13.1 Å². The van der Waals surface area contributed by atoms with Crippen LogP contribution in [0.1, 0.15) is 20.7 Å². The van der Waals surface area contributed by atoms with Crippen molar-refractivity contribution in [3.63, 3.8) is 0 Å². The predicted octanol–water partition coefficient (Wildman–Crippen LogP) is 2.17. The van der Waals surface area contributed by atoms with Crippen molar-refractivity contribution in [3.8, 4) is 5.69 Å². The highest BCUT2D eigenvalue weighted by Crippen LogP contribution is 2.09. The summed E-state index contributed by atoms with van der Waals surface area (Å²) in [5, 5.41) is 9.54. The number of nitrogens with one attached hydrogen (secondary N) is 2. The average Bonchev–Trinajstić information content (AvgIpc) is 3.20. The molecule has 0 spiro atoms.